The van der Waals surface area contributed by atoms with Crippen LogP contribution in [-0.4, -0.2) is 27.4 Å². The molecular formula is C14H15FN4O3. The Morgan fingerprint density at radius 1 is 1.55 bits per heavy atom. The van der Waals surface area contributed by atoms with E-state index in [0.717, 1.165) is 25.5 Å². The SMILES string of the molecule is O=[N+]([O-])c1cc(F)ccc1Nc1cnn(C[C@@H]2CCCO2)c1. The Kier molecular flexibility index (Phi) is 4.01. The number of nitro benzene ring substituents is 1. The van der Waals surface area contributed by atoms with Gasteiger partial charge in [0.05, 0.1) is 35.5 Å². The number of ether oxygens (including phenoxy) is 1. The molecule has 1 atom stereocenters. The Labute approximate surface area is 125 Å². The number of anilines is 2. The van der Waals surface area contributed by atoms with Crippen molar-refractivity contribution < 1.29 is 14.1 Å². The van der Waals surface area contributed by atoms with Gasteiger partial charge in [0.1, 0.15) is 11.5 Å². The quantitative estimate of drug-likeness (QED) is 0.678. The number of halogens is 1. The number of hydrogen-bond acceptors (Lipinski definition) is 5. The van der Waals surface area contributed by atoms with Crippen molar-refractivity contribution in [3.63, 3.8) is 0 Å². The van der Waals surface area contributed by atoms with Crippen molar-refractivity contribution in [3.05, 3.63) is 46.5 Å². The van der Waals surface area contributed by atoms with E-state index in [1.807, 2.05) is 0 Å². The van der Waals surface area contributed by atoms with Crippen LogP contribution in [0, 0.1) is 15.9 Å². The summed E-state index contributed by atoms with van der Waals surface area (Å²) in [7, 11) is 0. The number of benzene rings is 1. The highest BCUT2D eigenvalue weighted by Crippen LogP contribution is 2.28. The topological polar surface area (TPSA) is 82.2 Å². The smallest absolute Gasteiger partial charge is 0.295 e. The lowest BCUT2D eigenvalue weighted by molar-refractivity contribution is -0.384. The number of nitrogens with one attached hydrogen (secondary N) is 1. The molecule has 1 aliphatic heterocycles. The molecule has 0 aliphatic carbocycles. The molecular weight excluding hydrogens is 291 g/mol. The van der Waals surface area contributed by atoms with Crippen LogP contribution in [0.25, 0.3) is 0 Å². The first kappa shape index (κ1) is 14.5. The van der Waals surface area contributed by atoms with Gasteiger partial charge in [-0.25, -0.2) is 4.39 Å². The third-order valence-corrected chi connectivity index (χ3v) is 3.48. The Bertz CT molecular complexity index is 682. The maximum absolute atomic E-state index is 13.1. The summed E-state index contributed by atoms with van der Waals surface area (Å²) in [4.78, 5) is 10.3. The van der Waals surface area contributed by atoms with Crippen LogP contribution in [0.5, 0.6) is 0 Å². The van der Waals surface area contributed by atoms with Crippen LogP contribution in [0.2, 0.25) is 0 Å². The molecule has 1 saturated heterocycles. The normalized spacial score (nSPS) is 17.6. The van der Waals surface area contributed by atoms with Gasteiger partial charge in [-0.3, -0.25) is 14.8 Å². The molecule has 2 aromatic rings. The molecule has 0 spiro atoms. The minimum absolute atomic E-state index is 0.160. The van der Waals surface area contributed by atoms with Gasteiger partial charge in [-0.15, -0.1) is 0 Å². The molecule has 8 heteroatoms. The van der Waals surface area contributed by atoms with Crippen LogP contribution in [0.4, 0.5) is 21.5 Å². The molecule has 1 fully saturated rings. The summed E-state index contributed by atoms with van der Waals surface area (Å²) in [6.07, 6.45) is 5.54. The molecule has 1 aromatic carbocycles. The molecule has 0 radical (unpaired) electrons. The van der Waals surface area contributed by atoms with Gasteiger partial charge in [-0.05, 0) is 25.0 Å². The highest BCUT2D eigenvalue weighted by molar-refractivity contribution is 5.68. The molecule has 0 saturated carbocycles. The number of hydrogen-bond donors (Lipinski definition) is 1. The van der Waals surface area contributed by atoms with Crippen LogP contribution in [0.15, 0.2) is 30.6 Å². The van der Waals surface area contributed by atoms with Crippen molar-refractivity contribution >= 4 is 17.1 Å². The molecule has 0 amide bonds. The minimum Gasteiger partial charge on any atom is -0.376 e. The monoisotopic (exact) mass is 306 g/mol. The third kappa shape index (κ3) is 3.22. The zero-order chi connectivity index (χ0) is 15.5. The molecule has 3 rings (SSSR count). The van der Waals surface area contributed by atoms with Crippen LogP contribution in [0.1, 0.15) is 12.8 Å². The molecule has 1 aromatic heterocycles. The van der Waals surface area contributed by atoms with E-state index in [2.05, 4.69) is 10.4 Å². The number of nitro groups is 1. The van der Waals surface area contributed by atoms with Gasteiger partial charge in [0.25, 0.3) is 5.69 Å². The average Bonchev–Trinajstić information content (AvgIpc) is 3.13. The number of nitrogens with zero attached hydrogens (tertiary/aromatic N) is 3. The first-order chi connectivity index (χ1) is 10.6. The van der Waals surface area contributed by atoms with E-state index in [9.17, 15) is 14.5 Å². The molecule has 0 unspecified atom stereocenters. The van der Waals surface area contributed by atoms with E-state index >= 15 is 0 Å². The lowest BCUT2D eigenvalue weighted by Gasteiger charge is -2.08. The third-order valence-electron chi connectivity index (χ3n) is 3.48. The van der Waals surface area contributed by atoms with E-state index in [-0.39, 0.29) is 17.5 Å². The lowest BCUT2D eigenvalue weighted by atomic mass is 10.2. The fourth-order valence-electron chi connectivity index (χ4n) is 2.44. The van der Waals surface area contributed by atoms with Gasteiger partial charge in [-0.1, -0.05) is 0 Å². The van der Waals surface area contributed by atoms with Crippen LogP contribution >= 0.6 is 0 Å². The van der Waals surface area contributed by atoms with Crippen LogP contribution in [-0.2, 0) is 11.3 Å². The maximum atomic E-state index is 13.1. The van der Waals surface area contributed by atoms with Gasteiger partial charge in [0.2, 0.25) is 0 Å². The van der Waals surface area contributed by atoms with E-state index < -0.39 is 10.7 Å². The van der Waals surface area contributed by atoms with E-state index in [0.29, 0.717) is 12.2 Å². The Balaban J connectivity index is 1.73. The molecule has 0 bridgehead atoms. The second kappa shape index (κ2) is 6.10. The van der Waals surface area contributed by atoms with Gasteiger partial charge in [-0.2, -0.15) is 5.10 Å². The molecule has 1 aliphatic rings. The molecule has 7 nitrogen and oxygen atoms in total. The first-order valence-electron chi connectivity index (χ1n) is 6.97. The van der Waals surface area contributed by atoms with Crippen molar-refractivity contribution in [1.82, 2.24) is 9.78 Å². The van der Waals surface area contributed by atoms with E-state index in [1.165, 1.54) is 12.1 Å². The Morgan fingerprint density at radius 2 is 2.41 bits per heavy atom. The molecule has 116 valence electrons. The van der Waals surface area contributed by atoms with Crippen molar-refractivity contribution in [2.24, 2.45) is 0 Å². The van der Waals surface area contributed by atoms with Crippen molar-refractivity contribution in [2.45, 2.75) is 25.5 Å². The predicted molar refractivity (Wildman–Crippen MR) is 77.5 cm³/mol. The zero-order valence-corrected chi connectivity index (χ0v) is 11.7. The Morgan fingerprint density at radius 3 is 3.14 bits per heavy atom. The van der Waals surface area contributed by atoms with E-state index in [1.54, 1.807) is 17.1 Å². The maximum Gasteiger partial charge on any atom is 0.295 e. The summed E-state index contributed by atoms with van der Waals surface area (Å²) >= 11 is 0. The second-order valence-electron chi connectivity index (χ2n) is 5.13. The van der Waals surface area contributed by atoms with Gasteiger partial charge >= 0.3 is 0 Å². The zero-order valence-electron chi connectivity index (χ0n) is 11.7. The minimum atomic E-state index is -0.647. The summed E-state index contributed by atoms with van der Waals surface area (Å²) in [6, 6.07) is 3.40. The summed E-state index contributed by atoms with van der Waals surface area (Å²) in [5, 5.41) is 18.1. The van der Waals surface area contributed by atoms with Gasteiger partial charge in [0, 0.05) is 12.8 Å². The van der Waals surface area contributed by atoms with Gasteiger partial charge in [0.15, 0.2) is 0 Å². The standard InChI is InChI=1S/C14H15FN4O3/c15-10-3-4-13(14(6-10)19(20)21)17-11-7-16-18(8-11)9-12-2-1-5-22-12/h3-4,6-8,12,17H,1-2,5,9H2/t12-/m0/s1. The predicted octanol–water partition coefficient (Wildman–Crippen LogP) is 2.85. The molecule has 22 heavy (non-hydrogen) atoms. The number of aromatic nitrogens is 2. The highest BCUT2D eigenvalue weighted by atomic mass is 19.1. The number of rotatable bonds is 5. The summed E-state index contributed by atoms with van der Waals surface area (Å²) in [5.74, 6) is -0.647. The van der Waals surface area contributed by atoms with Crippen LogP contribution < -0.4 is 5.32 Å². The van der Waals surface area contributed by atoms with Crippen molar-refractivity contribution in [2.75, 3.05) is 11.9 Å². The van der Waals surface area contributed by atoms with Crippen molar-refractivity contribution in [1.29, 1.82) is 0 Å². The average molecular weight is 306 g/mol. The molecule has 2 heterocycles. The largest absolute Gasteiger partial charge is 0.376 e. The summed E-state index contributed by atoms with van der Waals surface area (Å²) < 4.78 is 20.4. The Hall–Kier alpha value is -2.48. The molecule has 1 N–H and O–H groups in total. The first-order valence-corrected chi connectivity index (χ1v) is 6.97. The van der Waals surface area contributed by atoms with Crippen LogP contribution in [0.3, 0.4) is 0 Å². The van der Waals surface area contributed by atoms with E-state index in [4.69, 9.17) is 4.74 Å². The summed E-state index contributed by atoms with van der Waals surface area (Å²) in [5.41, 5.74) is 0.516. The second-order valence-corrected chi connectivity index (χ2v) is 5.13. The summed E-state index contributed by atoms with van der Waals surface area (Å²) in [6.45, 7) is 1.42. The highest BCUT2D eigenvalue weighted by Gasteiger charge is 2.18. The van der Waals surface area contributed by atoms with Gasteiger partial charge < -0.3 is 10.1 Å². The van der Waals surface area contributed by atoms with Crippen molar-refractivity contribution in [3.8, 4) is 0 Å². The fourth-order valence-corrected chi connectivity index (χ4v) is 2.44. The fraction of sp³-hybridized carbons (Fsp3) is 0.357. The lowest BCUT2D eigenvalue weighted by Crippen LogP contribution is -2.15.